The van der Waals surface area contributed by atoms with Gasteiger partial charge in [-0.15, -0.1) is 0 Å². The van der Waals surface area contributed by atoms with E-state index < -0.39 is 0 Å². The zero-order valence-corrected chi connectivity index (χ0v) is 15.5. The number of amides is 2. The van der Waals surface area contributed by atoms with Gasteiger partial charge in [-0.25, -0.2) is 0 Å². The summed E-state index contributed by atoms with van der Waals surface area (Å²) in [7, 11) is 3.12. The molecule has 1 aromatic carbocycles. The van der Waals surface area contributed by atoms with Gasteiger partial charge in [0, 0.05) is 44.2 Å². The van der Waals surface area contributed by atoms with Crippen molar-refractivity contribution in [2.45, 2.75) is 25.3 Å². The standard InChI is InChI=1S/C19H27N3O4/c1-25-16-6-5-14(12-17(16)26-2)19(24)22-10-8-21(9-11-22)18(23)13-15-4-3-7-20-15/h5-6,12,15,20H,3-4,7-11,13H2,1-2H3. The van der Waals surface area contributed by atoms with Gasteiger partial charge < -0.3 is 24.6 Å². The van der Waals surface area contributed by atoms with Gasteiger partial charge in [-0.1, -0.05) is 0 Å². The predicted octanol–water partition coefficient (Wildman–Crippen LogP) is 1.13. The van der Waals surface area contributed by atoms with Crippen LogP contribution >= 0.6 is 0 Å². The minimum Gasteiger partial charge on any atom is -0.493 e. The number of ether oxygens (including phenoxy) is 2. The maximum absolute atomic E-state index is 12.7. The van der Waals surface area contributed by atoms with Crippen molar-refractivity contribution in [2.24, 2.45) is 0 Å². The molecule has 7 nitrogen and oxygen atoms in total. The minimum absolute atomic E-state index is 0.0458. The first kappa shape index (κ1) is 18.5. The highest BCUT2D eigenvalue weighted by atomic mass is 16.5. The molecule has 2 fully saturated rings. The highest BCUT2D eigenvalue weighted by Gasteiger charge is 2.27. The van der Waals surface area contributed by atoms with Crippen LogP contribution < -0.4 is 14.8 Å². The van der Waals surface area contributed by atoms with E-state index in [-0.39, 0.29) is 11.8 Å². The highest BCUT2D eigenvalue weighted by Crippen LogP contribution is 2.28. The van der Waals surface area contributed by atoms with Crippen LogP contribution in [0.4, 0.5) is 0 Å². The zero-order chi connectivity index (χ0) is 18.5. The van der Waals surface area contributed by atoms with Crippen molar-refractivity contribution in [2.75, 3.05) is 46.9 Å². The molecule has 2 aliphatic heterocycles. The van der Waals surface area contributed by atoms with Gasteiger partial charge in [0.2, 0.25) is 5.91 Å². The molecule has 2 amide bonds. The predicted molar refractivity (Wildman–Crippen MR) is 97.7 cm³/mol. The number of nitrogens with one attached hydrogen (secondary N) is 1. The normalized spacial score (nSPS) is 20.2. The summed E-state index contributed by atoms with van der Waals surface area (Å²) in [6.45, 7) is 3.29. The lowest BCUT2D eigenvalue weighted by Crippen LogP contribution is -2.51. The Labute approximate surface area is 154 Å². The summed E-state index contributed by atoms with van der Waals surface area (Å²) in [6, 6.07) is 5.49. The number of methoxy groups -OCH3 is 2. The van der Waals surface area contributed by atoms with E-state index in [2.05, 4.69) is 5.32 Å². The van der Waals surface area contributed by atoms with E-state index in [4.69, 9.17) is 9.47 Å². The molecule has 0 radical (unpaired) electrons. The van der Waals surface area contributed by atoms with Crippen molar-refractivity contribution in [1.29, 1.82) is 0 Å². The zero-order valence-electron chi connectivity index (χ0n) is 15.5. The maximum Gasteiger partial charge on any atom is 0.254 e. The molecule has 0 bridgehead atoms. The van der Waals surface area contributed by atoms with Crippen molar-refractivity contribution < 1.29 is 19.1 Å². The average molecular weight is 361 g/mol. The molecule has 0 aromatic heterocycles. The van der Waals surface area contributed by atoms with E-state index in [0.717, 1.165) is 19.4 Å². The van der Waals surface area contributed by atoms with Crippen molar-refractivity contribution >= 4 is 11.8 Å². The molecular weight excluding hydrogens is 334 g/mol. The topological polar surface area (TPSA) is 71.1 Å². The summed E-state index contributed by atoms with van der Waals surface area (Å²) >= 11 is 0. The summed E-state index contributed by atoms with van der Waals surface area (Å²) < 4.78 is 10.5. The molecule has 2 heterocycles. The van der Waals surface area contributed by atoms with Crippen molar-refractivity contribution in [3.8, 4) is 11.5 Å². The third-order valence-corrected chi connectivity index (χ3v) is 5.13. The second-order valence-electron chi connectivity index (χ2n) is 6.74. The van der Waals surface area contributed by atoms with Crippen molar-refractivity contribution in [3.63, 3.8) is 0 Å². The Morgan fingerprint density at radius 1 is 1.08 bits per heavy atom. The second kappa shape index (κ2) is 8.40. The van der Waals surface area contributed by atoms with Crippen LogP contribution in [0.15, 0.2) is 18.2 Å². The lowest BCUT2D eigenvalue weighted by atomic mass is 10.1. The summed E-state index contributed by atoms with van der Waals surface area (Å²) in [6.07, 6.45) is 2.78. The van der Waals surface area contributed by atoms with Crippen molar-refractivity contribution in [3.05, 3.63) is 23.8 Å². The van der Waals surface area contributed by atoms with Crippen LogP contribution in [-0.2, 0) is 4.79 Å². The lowest BCUT2D eigenvalue weighted by Gasteiger charge is -2.35. The summed E-state index contributed by atoms with van der Waals surface area (Å²) in [5.74, 6) is 1.27. The number of hydrogen-bond acceptors (Lipinski definition) is 5. The number of piperazine rings is 1. The van der Waals surface area contributed by atoms with Crippen LogP contribution in [0.25, 0.3) is 0 Å². The monoisotopic (exact) mass is 361 g/mol. The molecule has 142 valence electrons. The number of nitrogens with zero attached hydrogens (tertiary/aromatic N) is 2. The van der Waals surface area contributed by atoms with Crippen molar-refractivity contribution in [1.82, 2.24) is 15.1 Å². The Morgan fingerprint density at radius 2 is 1.77 bits per heavy atom. The first-order valence-electron chi connectivity index (χ1n) is 9.15. The molecule has 0 spiro atoms. The quantitative estimate of drug-likeness (QED) is 0.851. The maximum atomic E-state index is 12.7. The van der Waals surface area contributed by atoms with Crippen LogP contribution in [0.3, 0.4) is 0 Å². The Bertz CT molecular complexity index is 650. The molecule has 1 atom stereocenters. The molecule has 0 aliphatic carbocycles. The first-order chi connectivity index (χ1) is 12.6. The van der Waals surface area contributed by atoms with E-state index in [1.165, 1.54) is 0 Å². The van der Waals surface area contributed by atoms with Crippen LogP contribution in [0, 0.1) is 0 Å². The molecule has 2 saturated heterocycles. The average Bonchev–Trinajstić information content (AvgIpc) is 3.20. The van der Waals surface area contributed by atoms with Gasteiger partial charge in [0.05, 0.1) is 14.2 Å². The fourth-order valence-electron chi connectivity index (χ4n) is 3.58. The number of benzene rings is 1. The second-order valence-corrected chi connectivity index (χ2v) is 6.74. The van der Waals surface area contributed by atoms with E-state index in [0.29, 0.717) is 55.7 Å². The van der Waals surface area contributed by atoms with Gasteiger partial charge in [-0.2, -0.15) is 0 Å². The van der Waals surface area contributed by atoms with E-state index in [1.54, 1.807) is 37.3 Å². The van der Waals surface area contributed by atoms with Crippen LogP contribution in [0.1, 0.15) is 29.6 Å². The summed E-state index contributed by atoms with van der Waals surface area (Å²) in [4.78, 5) is 28.8. The van der Waals surface area contributed by atoms with Crippen LogP contribution in [0.5, 0.6) is 11.5 Å². The van der Waals surface area contributed by atoms with Gasteiger partial charge in [-0.05, 0) is 37.6 Å². The lowest BCUT2D eigenvalue weighted by molar-refractivity contribution is -0.133. The SMILES string of the molecule is COc1ccc(C(=O)N2CCN(C(=O)CC3CCCN3)CC2)cc1OC. The van der Waals surface area contributed by atoms with Gasteiger partial charge in [-0.3, -0.25) is 9.59 Å². The Hall–Kier alpha value is -2.28. The van der Waals surface area contributed by atoms with Gasteiger partial charge in [0.15, 0.2) is 11.5 Å². The molecule has 2 aliphatic rings. The highest BCUT2D eigenvalue weighted by molar-refractivity contribution is 5.95. The fourth-order valence-corrected chi connectivity index (χ4v) is 3.58. The van der Waals surface area contributed by atoms with E-state index in [9.17, 15) is 9.59 Å². The molecule has 3 rings (SSSR count). The largest absolute Gasteiger partial charge is 0.493 e. The number of hydrogen-bond donors (Lipinski definition) is 1. The number of carbonyl (C=O) groups excluding carboxylic acids is 2. The third kappa shape index (κ3) is 4.09. The van der Waals surface area contributed by atoms with Gasteiger partial charge in [0.25, 0.3) is 5.91 Å². The molecule has 1 aromatic rings. The third-order valence-electron chi connectivity index (χ3n) is 5.13. The minimum atomic E-state index is -0.0458. The molecule has 1 unspecified atom stereocenters. The number of rotatable bonds is 5. The van der Waals surface area contributed by atoms with E-state index in [1.807, 2.05) is 4.90 Å². The Balaban J connectivity index is 1.55. The molecule has 26 heavy (non-hydrogen) atoms. The first-order valence-corrected chi connectivity index (χ1v) is 9.15. The smallest absolute Gasteiger partial charge is 0.254 e. The van der Waals surface area contributed by atoms with Gasteiger partial charge >= 0.3 is 0 Å². The summed E-state index contributed by atoms with van der Waals surface area (Å²) in [5.41, 5.74) is 0.567. The van der Waals surface area contributed by atoms with Crippen LogP contribution in [0.2, 0.25) is 0 Å². The fraction of sp³-hybridized carbons (Fsp3) is 0.579. The Morgan fingerprint density at radius 3 is 2.38 bits per heavy atom. The molecule has 7 heteroatoms. The van der Waals surface area contributed by atoms with Gasteiger partial charge in [0.1, 0.15) is 0 Å². The molecular formula is C19H27N3O4. The summed E-state index contributed by atoms with van der Waals surface area (Å²) in [5, 5.41) is 3.36. The molecule has 0 saturated carbocycles. The molecule has 1 N–H and O–H groups in total. The Kier molecular flexibility index (Phi) is 5.98. The number of carbonyl (C=O) groups is 2. The van der Waals surface area contributed by atoms with E-state index >= 15 is 0 Å². The van der Waals surface area contributed by atoms with Crippen LogP contribution in [-0.4, -0.2) is 74.6 Å².